The topological polar surface area (TPSA) is 78.0 Å². The monoisotopic (exact) mass is 407 g/mol. The number of likely N-dealkylation sites (tertiary alicyclic amines) is 1. The Morgan fingerprint density at radius 1 is 1.00 bits per heavy atom. The largest absolute Gasteiger partial charge is 0.343 e. The zero-order valence-corrected chi connectivity index (χ0v) is 17.4. The zero-order valence-electron chi connectivity index (χ0n) is 16.6. The van der Waals surface area contributed by atoms with Crippen molar-refractivity contribution in [2.24, 2.45) is 0 Å². The van der Waals surface area contributed by atoms with Gasteiger partial charge >= 0.3 is 0 Å². The summed E-state index contributed by atoms with van der Waals surface area (Å²) in [6.45, 7) is 3.02. The van der Waals surface area contributed by atoms with Gasteiger partial charge in [-0.3, -0.25) is 9.59 Å². The summed E-state index contributed by atoms with van der Waals surface area (Å²) in [4.78, 5) is 28.5. The normalized spacial score (nSPS) is 22.1. The van der Waals surface area contributed by atoms with Crippen LogP contribution in [-0.2, 0) is 19.6 Å². The Hall–Kier alpha value is -1.93. The molecule has 2 heterocycles. The van der Waals surface area contributed by atoms with Crippen LogP contribution in [0.3, 0.4) is 0 Å². The Morgan fingerprint density at radius 3 is 2.25 bits per heavy atom. The molecule has 0 N–H and O–H groups in total. The molecule has 1 aromatic carbocycles. The van der Waals surface area contributed by atoms with Crippen molar-refractivity contribution in [1.82, 2.24) is 14.1 Å². The van der Waals surface area contributed by atoms with E-state index < -0.39 is 16.1 Å². The SMILES string of the molecule is CC(=O)N(C)C1CCN(C(=O)[C@@H]2CCCCN2S(=O)(=O)c2ccccc2)CC1. The third kappa shape index (κ3) is 4.22. The molecular formula is C20H29N3O4S. The van der Waals surface area contributed by atoms with Crippen LogP contribution in [0.5, 0.6) is 0 Å². The Balaban J connectivity index is 1.72. The van der Waals surface area contributed by atoms with Gasteiger partial charge in [-0.15, -0.1) is 0 Å². The van der Waals surface area contributed by atoms with Crippen molar-refractivity contribution < 1.29 is 18.0 Å². The number of carbonyl (C=O) groups excluding carboxylic acids is 2. The number of rotatable bonds is 4. The maximum Gasteiger partial charge on any atom is 0.243 e. The van der Waals surface area contributed by atoms with Gasteiger partial charge in [0, 0.05) is 39.6 Å². The van der Waals surface area contributed by atoms with Crippen molar-refractivity contribution in [2.45, 2.75) is 56.0 Å². The summed E-state index contributed by atoms with van der Waals surface area (Å²) in [6, 6.07) is 7.83. The number of carbonyl (C=O) groups is 2. The van der Waals surface area contributed by atoms with Gasteiger partial charge < -0.3 is 9.80 Å². The van der Waals surface area contributed by atoms with Crippen LogP contribution >= 0.6 is 0 Å². The summed E-state index contributed by atoms with van der Waals surface area (Å²) in [5.41, 5.74) is 0. The van der Waals surface area contributed by atoms with Crippen molar-refractivity contribution in [3.8, 4) is 0 Å². The van der Waals surface area contributed by atoms with Gasteiger partial charge in [-0.05, 0) is 37.8 Å². The standard InChI is InChI=1S/C20H29N3O4S/c1-16(24)21(2)17-11-14-22(15-12-17)20(25)19-10-6-7-13-23(19)28(26,27)18-8-4-3-5-9-18/h3-5,8-9,17,19H,6-7,10-15H2,1-2H3/t19-/m0/s1. The first-order valence-electron chi connectivity index (χ1n) is 9.91. The number of amides is 2. The molecule has 0 aromatic heterocycles. The Bertz CT molecular complexity index is 804. The minimum Gasteiger partial charge on any atom is -0.343 e. The summed E-state index contributed by atoms with van der Waals surface area (Å²) >= 11 is 0. The fraction of sp³-hybridized carbons (Fsp3) is 0.600. The molecule has 2 fully saturated rings. The minimum absolute atomic E-state index is 0.0252. The van der Waals surface area contributed by atoms with Crippen LogP contribution in [0.1, 0.15) is 39.0 Å². The maximum absolute atomic E-state index is 13.2. The lowest BCUT2D eigenvalue weighted by Gasteiger charge is -2.40. The van der Waals surface area contributed by atoms with Gasteiger partial charge in [0.25, 0.3) is 0 Å². The van der Waals surface area contributed by atoms with Crippen LogP contribution in [0, 0.1) is 0 Å². The highest BCUT2D eigenvalue weighted by molar-refractivity contribution is 7.89. The fourth-order valence-corrected chi connectivity index (χ4v) is 5.78. The number of piperidine rings is 2. The molecule has 0 bridgehead atoms. The van der Waals surface area contributed by atoms with E-state index in [-0.39, 0.29) is 22.8 Å². The van der Waals surface area contributed by atoms with Crippen LogP contribution in [0.25, 0.3) is 0 Å². The van der Waals surface area contributed by atoms with E-state index in [0.717, 1.165) is 25.7 Å². The lowest BCUT2D eigenvalue weighted by molar-refractivity contribution is -0.138. The lowest BCUT2D eigenvalue weighted by atomic mass is 9.99. The average molecular weight is 408 g/mol. The molecule has 3 rings (SSSR count). The van der Waals surface area contributed by atoms with Gasteiger partial charge in [0.05, 0.1) is 4.90 Å². The number of hydrogen-bond acceptors (Lipinski definition) is 4. The predicted octanol–water partition coefficient (Wildman–Crippen LogP) is 1.70. The summed E-state index contributed by atoms with van der Waals surface area (Å²) in [5, 5.41) is 0. The van der Waals surface area contributed by atoms with E-state index in [4.69, 9.17) is 0 Å². The molecule has 8 heteroatoms. The Kier molecular flexibility index (Phi) is 6.40. The summed E-state index contributed by atoms with van der Waals surface area (Å²) in [6.07, 6.45) is 3.61. The van der Waals surface area contributed by atoms with E-state index >= 15 is 0 Å². The lowest BCUT2D eigenvalue weighted by Crippen LogP contribution is -2.55. The van der Waals surface area contributed by atoms with Crippen molar-refractivity contribution in [3.05, 3.63) is 30.3 Å². The molecule has 2 saturated heterocycles. The van der Waals surface area contributed by atoms with E-state index in [0.29, 0.717) is 26.1 Å². The highest BCUT2D eigenvalue weighted by atomic mass is 32.2. The summed E-state index contributed by atoms with van der Waals surface area (Å²) in [7, 11) is -1.91. The van der Waals surface area contributed by atoms with Gasteiger partial charge in [0.1, 0.15) is 6.04 Å². The molecule has 2 aliphatic rings. The first kappa shape index (κ1) is 20.8. The van der Waals surface area contributed by atoms with Gasteiger partial charge in [0.15, 0.2) is 0 Å². The van der Waals surface area contributed by atoms with Crippen molar-refractivity contribution in [3.63, 3.8) is 0 Å². The molecule has 2 amide bonds. The maximum atomic E-state index is 13.2. The van der Waals surface area contributed by atoms with E-state index in [1.54, 1.807) is 54.1 Å². The Labute approximate surface area is 167 Å². The van der Waals surface area contributed by atoms with Crippen LogP contribution in [0.2, 0.25) is 0 Å². The molecule has 2 aliphatic heterocycles. The minimum atomic E-state index is -3.70. The smallest absolute Gasteiger partial charge is 0.243 e. The van der Waals surface area contributed by atoms with E-state index in [2.05, 4.69) is 0 Å². The molecular weight excluding hydrogens is 378 g/mol. The average Bonchev–Trinajstić information content (AvgIpc) is 2.73. The zero-order chi connectivity index (χ0) is 20.3. The van der Waals surface area contributed by atoms with Crippen LogP contribution in [0.15, 0.2) is 35.2 Å². The first-order chi connectivity index (χ1) is 13.3. The van der Waals surface area contributed by atoms with Crippen LogP contribution in [0.4, 0.5) is 0 Å². The highest BCUT2D eigenvalue weighted by Gasteiger charge is 2.40. The third-order valence-electron chi connectivity index (χ3n) is 5.91. The molecule has 0 spiro atoms. The van der Waals surface area contributed by atoms with Gasteiger partial charge in [-0.1, -0.05) is 24.6 Å². The third-order valence-corrected chi connectivity index (χ3v) is 7.83. The van der Waals surface area contributed by atoms with E-state index in [9.17, 15) is 18.0 Å². The molecule has 28 heavy (non-hydrogen) atoms. The number of benzene rings is 1. The van der Waals surface area contributed by atoms with Crippen LogP contribution < -0.4 is 0 Å². The number of nitrogens with zero attached hydrogens (tertiary/aromatic N) is 3. The van der Waals surface area contributed by atoms with Gasteiger partial charge in [-0.25, -0.2) is 8.42 Å². The molecule has 0 radical (unpaired) electrons. The number of sulfonamides is 1. The van der Waals surface area contributed by atoms with Crippen molar-refractivity contribution >= 4 is 21.8 Å². The van der Waals surface area contributed by atoms with Crippen LogP contribution in [-0.4, -0.2) is 73.1 Å². The van der Waals surface area contributed by atoms with Crippen molar-refractivity contribution in [2.75, 3.05) is 26.7 Å². The second-order valence-corrected chi connectivity index (χ2v) is 9.52. The fourth-order valence-electron chi connectivity index (χ4n) is 4.11. The molecule has 1 atom stereocenters. The van der Waals surface area contributed by atoms with Gasteiger partial charge in [-0.2, -0.15) is 4.31 Å². The van der Waals surface area contributed by atoms with E-state index in [1.165, 1.54) is 4.31 Å². The molecule has 0 aliphatic carbocycles. The second kappa shape index (κ2) is 8.61. The molecule has 154 valence electrons. The van der Waals surface area contributed by atoms with E-state index in [1.807, 2.05) is 0 Å². The molecule has 7 nitrogen and oxygen atoms in total. The van der Waals surface area contributed by atoms with Crippen molar-refractivity contribution in [1.29, 1.82) is 0 Å². The second-order valence-electron chi connectivity index (χ2n) is 7.63. The number of hydrogen-bond donors (Lipinski definition) is 0. The molecule has 1 aromatic rings. The predicted molar refractivity (Wildman–Crippen MR) is 106 cm³/mol. The first-order valence-corrected chi connectivity index (χ1v) is 11.4. The van der Waals surface area contributed by atoms with Gasteiger partial charge in [0.2, 0.25) is 21.8 Å². The Morgan fingerprint density at radius 2 is 1.64 bits per heavy atom. The molecule has 0 saturated carbocycles. The highest BCUT2D eigenvalue weighted by Crippen LogP contribution is 2.27. The summed E-state index contributed by atoms with van der Waals surface area (Å²) < 4.78 is 27.6. The summed E-state index contributed by atoms with van der Waals surface area (Å²) in [5.74, 6) is -0.0830. The molecule has 0 unspecified atom stereocenters. The quantitative estimate of drug-likeness (QED) is 0.761.